The highest BCUT2D eigenvalue weighted by atomic mass is 19.1. The Morgan fingerprint density at radius 3 is 2.42 bits per heavy atom. The van der Waals surface area contributed by atoms with Crippen molar-refractivity contribution in [1.82, 2.24) is 10.2 Å². The van der Waals surface area contributed by atoms with Crippen LogP contribution in [0, 0.1) is 11.6 Å². The summed E-state index contributed by atoms with van der Waals surface area (Å²) >= 11 is 0. The fourth-order valence-electron chi connectivity index (χ4n) is 1.66. The lowest BCUT2D eigenvalue weighted by Gasteiger charge is -2.22. The van der Waals surface area contributed by atoms with Crippen molar-refractivity contribution in [1.29, 1.82) is 0 Å². The molecule has 1 aromatic carbocycles. The molecule has 0 saturated heterocycles. The fourth-order valence-corrected chi connectivity index (χ4v) is 1.66. The van der Waals surface area contributed by atoms with Gasteiger partial charge in [0.05, 0.1) is 6.54 Å². The van der Waals surface area contributed by atoms with Gasteiger partial charge in [0, 0.05) is 18.7 Å². The number of hydrogen-bond donors (Lipinski definition) is 1. The SMILES string of the molecule is CC[C@H](C)N(C)CC(=O)NCc1cc(F)cc(F)c1. The summed E-state index contributed by atoms with van der Waals surface area (Å²) in [4.78, 5) is 13.6. The van der Waals surface area contributed by atoms with Crippen molar-refractivity contribution in [3.8, 4) is 0 Å². The topological polar surface area (TPSA) is 32.3 Å². The van der Waals surface area contributed by atoms with Gasteiger partial charge in [-0.25, -0.2) is 8.78 Å². The van der Waals surface area contributed by atoms with Crippen LogP contribution in [0.15, 0.2) is 18.2 Å². The van der Waals surface area contributed by atoms with Crippen LogP contribution in [-0.4, -0.2) is 30.4 Å². The van der Waals surface area contributed by atoms with E-state index in [0.29, 0.717) is 11.6 Å². The summed E-state index contributed by atoms with van der Waals surface area (Å²) in [6.07, 6.45) is 0.957. The molecule has 5 heteroatoms. The number of amides is 1. The van der Waals surface area contributed by atoms with Gasteiger partial charge in [0.2, 0.25) is 5.91 Å². The molecule has 1 atom stereocenters. The molecule has 106 valence electrons. The molecule has 0 unspecified atom stereocenters. The minimum absolute atomic E-state index is 0.127. The number of carbonyl (C=O) groups is 1. The molecule has 0 radical (unpaired) electrons. The molecular weight excluding hydrogens is 250 g/mol. The minimum Gasteiger partial charge on any atom is -0.351 e. The Morgan fingerprint density at radius 1 is 1.32 bits per heavy atom. The maximum Gasteiger partial charge on any atom is 0.234 e. The summed E-state index contributed by atoms with van der Waals surface area (Å²) in [6, 6.07) is 3.54. The summed E-state index contributed by atoms with van der Waals surface area (Å²) < 4.78 is 25.9. The van der Waals surface area contributed by atoms with Crippen LogP contribution in [0.1, 0.15) is 25.8 Å². The van der Waals surface area contributed by atoms with Gasteiger partial charge in [-0.3, -0.25) is 9.69 Å². The van der Waals surface area contributed by atoms with Gasteiger partial charge in [0.25, 0.3) is 0 Å². The first-order valence-electron chi connectivity index (χ1n) is 6.34. The van der Waals surface area contributed by atoms with Crippen molar-refractivity contribution < 1.29 is 13.6 Å². The van der Waals surface area contributed by atoms with Crippen LogP contribution in [0.5, 0.6) is 0 Å². The maximum absolute atomic E-state index is 13.0. The smallest absolute Gasteiger partial charge is 0.234 e. The van der Waals surface area contributed by atoms with E-state index in [1.807, 2.05) is 18.9 Å². The van der Waals surface area contributed by atoms with Crippen LogP contribution < -0.4 is 5.32 Å². The molecule has 0 bridgehead atoms. The lowest BCUT2D eigenvalue weighted by Crippen LogP contribution is -2.39. The first-order valence-corrected chi connectivity index (χ1v) is 6.34. The molecule has 0 heterocycles. The number of rotatable bonds is 6. The molecule has 19 heavy (non-hydrogen) atoms. The Bertz CT molecular complexity index is 417. The molecule has 0 aliphatic carbocycles. The number of nitrogens with one attached hydrogen (secondary N) is 1. The Morgan fingerprint density at radius 2 is 1.89 bits per heavy atom. The first kappa shape index (κ1) is 15.6. The summed E-state index contributed by atoms with van der Waals surface area (Å²) in [7, 11) is 1.87. The molecule has 1 aromatic rings. The molecule has 1 N–H and O–H groups in total. The second kappa shape index (κ2) is 7.19. The largest absolute Gasteiger partial charge is 0.351 e. The van der Waals surface area contributed by atoms with E-state index in [0.717, 1.165) is 12.5 Å². The molecule has 1 amide bonds. The van der Waals surface area contributed by atoms with Crippen molar-refractivity contribution in [2.45, 2.75) is 32.9 Å². The summed E-state index contributed by atoms with van der Waals surface area (Å²) in [5.41, 5.74) is 0.414. The van der Waals surface area contributed by atoms with E-state index in [4.69, 9.17) is 0 Å². The van der Waals surface area contributed by atoms with Gasteiger partial charge in [0.15, 0.2) is 0 Å². The number of carbonyl (C=O) groups excluding carboxylic acids is 1. The Kier molecular flexibility index (Phi) is 5.89. The van der Waals surface area contributed by atoms with Gasteiger partial charge in [-0.1, -0.05) is 6.92 Å². The average molecular weight is 270 g/mol. The Labute approximate surface area is 112 Å². The van der Waals surface area contributed by atoms with Crippen LogP contribution in [-0.2, 0) is 11.3 Å². The van der Waals surface area contributed by atoms with Gasteiger partial charge in [-0.05, 0) is 38.1 Å². The number of hydrogen-bond acceptors (Lipinski definition) is 2. The van der Waals surface area contributed by atoms with Crippen molar-refractivity contribution in [3.05, 3.63) is 35.4 Å². The van der Waals surface area contributed by atoms with Crippen LogP contribution in [0.25, 0.3) is 0 Å². The molecule has 0 aromatic heterocycles. The average Bonchev–Trinajstić information content (AvgIpc) is 2.34. The van der Waals surface area contributed by atoms with Crippen LogP contribution in [0.4, 0.5) is 8.78 Å². The molecule has 0 aliphatic heterocycles. The second-order valence-electron chi connectivity index (χ2n) is 4.73. The van der Waals surface area contributed by atoms with Gasteiger partial charge in [0.1, 0.15) is 11.6 Å². The van der Waals surface area contributed by atoms with Crippen molar-refractivity contribution >= 4 is 5.91 Å². The van der Waals surface area contributed by atoms with Crippen LogP contribution in [0.3, 0.4) is 0 Å². The predicted octanol–water partition coefficient (Wildman–Crippen LogP) is 2.31. The predicted molar refractivity (Wildman–Crippen MR) is 70.6 cm³/mol. The quantitative estimate of drug-likeness (QED) is 0.860. The summed E-state index contributed by atoms with van der Waals surface area (Å²) in [5.74, 6) is -1.44. The van der Waals surface area contributed by atoms with Crippen molar-refractivity contribution in [3.63, 3.8) is 0 Å². The molecule has 0 saturated carbocycles. The van der Waals surface area contributed by atoms with E-state index in [1.165, 1.54) is 12.1 Å². The first-order chi connectivity index (χ1) is 8.92. The monoisotopic (exact) mass is 270 g/mol. The maximum atomic E-state index is 13.0. The lowest BCUT2D eigenvalue weighted by molar-refractivity contribution is -0.122. The van der Waals surface area contributed by atoms with E-state index in [-0.39, 0.29) is 19.0 Å². The highest BCUT2D eigenvalue weighted by molar-refractivity contribution is 5.78. The number of benzene rings is 1. The number of likely N-dealkylation sites (N-methyl/N-ethyl adjacent to an activating group) is 1. The van der Waals surface area contributed by atoms with Crippen LogP contribution >= 0.6 is 0 Å². The summed E-state index contributed by atoms with van der Waals surface area (Å²) in [6.45, 7) is 4.48. The minimum atomic E-state index is -0.638. The highest BCUT2D eigenvalue weighted by Gasteiger charge is 2.11. The third-order valence-electron chi connectivity index (χ3n) is 3.15. The second-order valence-corrected chi connectivity index (χ2v) is 4.73. The zero-order chi connectivity index (χ0) is 14.4. The van der Waals surface area contributed by atoms with E-state index in [9.17, 15) is 13.6 Å². The van der Waals surface area contributed by atoms with Crippen molar-refractivity contribution in [2.75, 3.05) is 13.6 Å². The van der Waals surface area contributed by atoms with Crippen molar-refractivity contribution in [2.24, 2.45) is 0 Å². The zero-order valence-electron chi connectivity index (χ0n) is 11.5. The molecule has 0 fully saturated rings. The van der Waals surface area contributed by atoms with Gasteiger partial charge in [-0.2, -0.15) is 0 Å². The Balaban J connectivity index is 2.46. The standard InChI is InChI=1S/C14H20F2N2O/c1-4-10(2)18(3)9-14(19)17-8-11-5-12(15)7-13(16)6-11/h5-7,10H,4,8-9H2,1-3H3,(H,17,19)/t10-/m0/s1. The lowest BCUT2D eigenvalue weighted by atomic mass is 10.2. The van der Waals surface area contributed by atoms with Gasteiger partial charge in [-0.15, -0.1) is 0 Å². The third-order valence-corrected chi connectivity index (χ3v) is 3.15. The molecule has 3 nitrogen and oxygen atoms in total. The summed E-state index contributed by atoms with van der Waals surface area (Å²) in [5, 5.41) is 2.65. The zero-order valence-corrected chi connectivity index (χ0v) is 11.5. The van der Waals surface area contributed by atoms with Gasteiger partial charge < -0.3 is 5.32 Å². The Hall–Kier alpha value is -1.49. The molecule has 0 aliphatic rings. The van der Waals surface area contributed by atoms with Crippen LogP contribution in [0.2, 0.25) is 0 Å². The number of nitrogens with zero attached hydrogens (tertiary/aromatic N) is 1. The van der Waals surface area contributed by atoms with E-state index in [1.54, 1.807) is 0 Å². The molecule has 0 spiro atoms. The molecule has 1 rings (SSSR count). The molecular formula is C14H20F2N2O. The number of halogens is 2. The van der Waals surface area contributed by atoms with E-state index in [2.05, 4.69) is 12.2 Å². The highest BCUT2D eigenvalue weighted by Crippen LogP contribution is 2.07. The third kappa shape index (κ3) is 5.34. The van der Waals surface area contributed by atoms with E-state index < -0.39 is 11.6 Å². The normalized spacial score (nSPS) is 12.5. The fraction of sp³-hybridized carbons (Fsp3) is 0.500. The van der Waals surface area contributed by atoms with Gasteiger partial charge >= 0.3 is 0 Å². The van der Waals surface area contributed by atoms with E-state index >= 15 is 0 Å².